The van der Waals surface area contributed by atoms with Gasteiger partial charge in [0.25, 0.3) is 0 Å². The number of sulfone groups is 1. The van der Waals surface area contributed by atoms with Crippen LogP contribution in [-0.2, 0) is 22.7 Å². The van der Waals surface area contributed by atoms with E-state index in [1.54, 1.807) is 0 Å². The molecule has 3 heterocycles. The first kappa shape index (κ1) is 12.0. The van der Waals surface area contributed by atoms with E-state index in [4.69, 9.17) is 0 Å². The molecule has 1 aromatic rings. The Bertz CT molecular complexity index is 550. The van der Waals surface area contributed by atoms with Gasteiger partial charge in [-0.05, 0) is 24.9 Å². The number of fused-ring (bicyclic) bond motifs is 1. The van der Waals surface area contributed by atoms with Gasteiger partial charge in [-0.25, -0.2) is 18.4 Å². The van der Waals surface area contributed by atoms with Crippen LogP contribution in [0.1, 0.15) is 29.4 Å². The summed E-state index contributed by atoms with van der Waals surface area (Å²) in [5.74, 6) is 1.71. The molecule has 0 aromatic carbocycles. The van der Waals surface area contributed by atoms with Crippen molar-refractivity contribution in [1.82, 2.24) is 15.3 Å². The molecule has 98 valence electrons. The first-order valence-corrected chi connectivity index (χ1v) is 8.22. The molecule has 1 atom stereocenters. The van der Waals surface area contributed by atoms with E-state index >= 15 is 0 Å². The van der Waals surface area contributed by atoms with Gasteiger partial charge in [0.1, 0.15) is 5.82 Å². The van der Waals surface area contributed by atoms with Gasteiger partial charge in [-0.2, -0.15) is 0 Å². The molecule has 0 spiro atoms. The SMILES string of the molecule is O=S1(=O)CCc2cnc(C3CCNC3)nc2CC1. The van der Waals surface area contributed by atoms with Crippen molar-refractivity contribution in [1.29, 1.82) is 0 Å². The van der Waals surface area contributed by atoms with Crippen molar-refractivity contribution in [3.05, 3.63) is 23.3 Å². The number of hydrogen-bond donors (Lipinski definition) is 1. The highest BCUT2D eigenvalue weighted by Gasteiger charge is 2.23. The third-order valence-corrected chi connectivity index (χ3v) is 5.38. The molecular weight excluding hydrogens is 250 g/mol. The standard InChI is InChI=1S/C12H17N3O2S/c16-18(17)5-2-9-8-14-12(10-1-4-13-7-10)15-11(9)3-6-18/h8,10,13H,1-7H2. The summed E-state index contributed by atoms with van der Waals surface area (Å²) in [6, 6.07) is 0. The van der Waals surface area contributed by atoms with Crippen molar-refractivity contribution in [3.63, 3.8) is 0 Å². The van der Waals surface area contributed by atoms with Gasteiger partial charge in [-0.15, -0.1) is 0 Å². The van der Waals surface area contributed by atoms with Crippen LogP contribution in [0.4, 0.5) is 0 Å². The largest absolute Gasteiger partial charge is 0.316 e. The van der Waals surface area contributed by atoms with E-state index in [1.165, 1.54) is 0 Å². The zero-order valence-electron chi connectivity index (χ0n) is 10.2. The third kappa shape index (κ3) is 2.40. The van der Waals surface area contributed by atoms with Gasteiger partial charge in [0.15, 0.2) is 9.84 Å². The predicted octanol–water partition coefficient (Wildman–Crippen LogP) is 0.0669. The molecule has 18 heavy (non-hydrogen) atoms. The fourth-order valence-electron chi connectivity index (χ4n) is 2.57. The Hall–Kier alpha value is -1.01. The minimum Gasteiger partial charge on any atom is -0.316 e. The summed E-state index contributed by atoms with van der Waals surface area (Å²) in [5, 5.41) is 3.30. The Morgan fingerprint density at radius 1 is 1.28 bits per heavy atom. The van der Waals surface area contributed by atoms with Crippen LogP contribution in [0.2, 0.25) is 0 Å². The summed E-state index contributed by atoms with van der Waals surface area (Å²) in [6.45, 7) is 1.94. The lowest BCUT2D eigenvalue weighted by Gasteiger charge is -2.10. The number of rotatable bonds is 1. The van der Waals surface area contributed by atoms with Gasteiger partial charge in [0, 0.05) is 30.8 Å². The summed E-state index contributed by atoms with van der Waals surface area (Å²) in [5.41, 5.74) is 1.94. The van der Waals surface area contributed by atoms with Gasteiger partial charge >= 0.3 is 0 Å². The lowest BCUT2D eigenvalue weighted by Crippen LogP contribution is -2.12. The molecule has 1 N–H and O–H groups in total. The third-order valence-electron chi connectivity index (χ3n) is 3.73. The van der Waals surface area contributed by atoms with Crippen molar-refractivity contribution >= 4 is 9.84 Å². The highest BCUT2D eigenvalue weighted by molar-refractivity contribution is 7.91. The van der Waals surface area contributed by atoms with Crippen LogP contribution >= 0.6 is 0 Å². The Labute approximate surface area is 107 Å². The van der Waals surface area contributed by atoms with Gasteiger partial charge in [0.2, 0.25) is 0 Å². The van der Waals surface area contributed by atoms with E-state index < -0.39 is 9.84 Å². The minimum absolute atomic E-state index is 0.222. The fourth-order valence-corrected chi connectivity index (χ4v) is 3.81. The number of nitrogens with one attached hydrogen (secondary N) is 1. The Kier molecular flexibility index (Phi) is 3.07. The molecule has 3 rings (SSSR count). The summed E-state index contributed by atoms with van der Waals surface area (Å²) >= 11 is 0. The predicted molar refractivity (Wildman–Crippen MR) is 68.3 cm³/mol. The molecule has 1 saturated heterocycles. The van der Waals surface area contributed by atoms with Gasteiger partial charge in [-0.3, -0.25) is 0 Å². The molecule has 0 aliphatic carbocycles. The topological polar surface area (TPSA) is 72.0 Å². The van der Waals surface area contributed by atoms with E-state index in [2.05, 4.69) is 15.3 Å². The van der Waals surface area contributed by atoms with Crippen molar-refractivity contribution in [2.24, 2.45) is 0 Å². The highest BCUT2D eigenvalue weighted by atomic mass is 32.2. The Balaban J connectivity index is 1.89. The average molecular weight is 267 g/mol. The number of nitrogens with zero attached hydrogens (tertiary/aromatic N) is 2. The zero-order chi connectivity index (χ0) is 12.6. The maximum Gasteiger partial charge on any atom is 0.151 e. The second-order valence-electron chi connectivity index (χ2n) is 5.04. The van der Waals surface area contributed by atoms with Crippen LogP contribution in [0.5, 0.6) is 0 Å². The first-order valence-electron chi connectivity index (χ1n) is 6.40. The number of aromatic nitrogens is 2. The maximum atomic E-state index is 11.6. The monoisotopic (exact) mass is 267 g/mol. The summed E-state index contributed by atoms with van der Waals surface area (Å²) in [6.07, 6.45) is 3.99. The molecule has 6 heteroatoms. The normalized spacial score (nSPS) is 26.6. The molecule has 1 unspecified atom stereocenters. The van der Waals surface area contributed by atoms with Crippen LogP contribution in [0.3, 0.4) is 0 Å². The Morgan fingerprint density at radius 2 is 2.11 bits per heavy atom. The minimum atomic E-state index is -2.90. The van der Waals surface area contributed by atoms with Gasteiger partial charge in [0.05, 0.1) is 11.5 Å². The van der Waals surface area contributed by atoms with Crippen molar-refractivity contribution in [3.8, 4) is 0 Å². The smallest absolute Gasteiger partial charge is 0.151 e. The van der Waals surface area contributed by atoms with Crippen LogP contribution in [-0.4, -0.2) is 43.0 Å². The fraction of sp³-hybridized carbons (Fsp3) is 0.667. The molecular formula is C12H17N3O2S. The summed E-state index contributed by atoms with van der Waals surface area (Å²) < 4.78 is 23.2. The van der Waals surface area contributed by atoms with Crippen LogP contribution in [0, 0.1) is 0 Å². The average Bonchev–Trinajstić information content (AvgIpc) is 2.83. The molecule has 1 fully saturated rings. The zero-order valence-corrected chi connectivity index (χ0v) is 11.0. The summed E-state index contributed by atoms with van der Waals surface area (Å²) in [4.78, 5) is 9.02. The quantitative estimate of drug-likeness (QED) is 0.779. The highest BCUT2D eigenvalue weighted by Crippen LogP contribution is 2.21. The summed E-state index contributed by atoms with van der Waals surface area (Å²) in [7, 11) is -2.90. The second kappa shape index (κ2) is 4.59. The van der Waals surface area contributed by atoms with E-state index in [0.717, 1.165) is 36.6 Å². The molecule has 2 aliphatic heterocycles. The van der Waals surface area contributed by atoms with Crippen molar-refractivity contribution in [2.45, 2.75) is 25.2 Å². The molecule has 1 aromatic heterocycles. The number of hydrogen-bond acceptors (Lipinski definition) is 5. The van der Waals surface area contributed by atoms with Gasteiger partial charge in [-0.1, -0.05) is 0 Å². The van der Waals surface area contributed by atoms with Crippen LogP contribution in [0.25, 0.3) is 0 Å². The molecule has 0 radical (unpaired) electrons. The number of aryl methyl sites for hydroxylation is 2. The van der Waals surface area contributed by atoms with Crippen LogP contribution in [0.15, 0.2) is 6.20 Å². The molecule has 2 aliphatic rings. The Morgan fingerprint density at radius 3 is 2.89 bits per heavy atom. The maximum absolute atomic E-state index is 11.6. The van der Waals surface area contributed by atoms with Crippen molar-refractivity contribution in [2.75, 3.05) is 24.6 Å². The van der Waals surface area contributed by atoms with E-state index in [9.17, 15) is 8.42 Å². The molecule has 0 saturated carbocycles. The van der Waals surface area contributed by atoms with E-state index in [-0.39, 0.29) is 11.5 Å². The van der Waals surface area contributed by atoms with Gasteiger partial charge < -0.3 is 5.32 Å². The lowest BCUT2D eigenvalue weighted by atomic mass is 10.1. The molecule has 0 bridgehead atoms. The van der Waals surface area contributed by atoms with E-state index in [0.29, 0.717) is 18.8 Å². The second-order valence-corrected chi connectivity index (χ2v) is 7.35. The first-order chi connectivity index (χ1) is 8.64. The van der Waals surface area contributed by atoms with E-state index in [1.807, 2.05) is 6.20 Å². The van der Waals surface area contributed by atoms with Crippen LogP contribution < -0.4 is 5.32 Å². The molecule has 5 nitrogen and oxygen atoms in total. The van der Waals surface area contributed by atoms with Crippen molar-refractivity contribution < 1.29 is 8.42 Å². The lowest BCUT2D eigenvalue weighted by molar-refractivity contribution is 0.596. The molecule has 0 amide bonds.